The minimum Gasteiger partial charge on any atom is -0.495 e. The van der Waals surface area contributed by atoms with E-state index >= 15 is 0 Å². The summed E-state index contributed by atoms with van der Waals surface area (Å²) in [5.74, 6) is 1.11. The minimum absolute atomic E-state index is 0.0344. The Balaban J connectivity index is 1.62. The quantitative estimate of drug-likeness (QED) is 0.489. The zero-order chi connectivity index (χ0) is 24.1. The third-order valence-electron chi connectivity index (χ3n) is 6.56. The van der Waals surface area contributed by atoms with Crippen LogP contribution in [0.3, 0.4) is 0 Å². The van der Waals surface area contributed by atoms with Gasteiger partial charge in [-0.2, -0.15) is 0 Å². The van der Waals surface area contributed by atoms with Gasteiger partial charge in [-0.3, -0.25) is 14.1 Å². The summed E-state index contributed by atoms with van der Waals surface area (Å²) in [6, 6.07) is 9.01. The molecule has 0 spiro atoms. The number of nitrogens with one attached hydrogen (secondary N) is 1. The molecule has 0 aliphatic heterocycles. The summed E-state index contributed by atoms with van der Waals surface area (Å²) in [4.78, 5) is 12.4. The average Bonchev–Trinajstić information content (AvgIpc) is 3.25. The Labute approximate surface area is 201 Å². The standard InChI is InChI=1S/C24H24ClN3O5S/c1-24(25)14-20(21(32-2)13-18(24)15-4-3-5-15)28-19-8-7-17(12-16(19)6-9-23(28)29)34(30,31)27-22-10-11-33-26-22/h6-13,15H,3-5,14H2,1-2H3,(H,26,27). The number of allylic oxidation sites excluding steroid dienone is 3. The fourth-order valence-electron chi connectivity index (χ4n) is 4.64. The number of sulfonamides is 1. The number of aromatic nitrogens is 2. The van der Waals surface area contributed by atoms with E-state index in [2.05, 4.69) is 14.4 Å². The van der Waals surface area contributed by atoms with Gasteiger partial charge in [0.05, 0.1) is 28.1 Å². The van der Waals surface area contributed by atoms with Gasteiger partial charge in [0, 0.05) is 23.9 Å². The van der Waals surface area contributed by atoms with Gasteiger partial charge in [-0.25, -0.2) is 8.42 Å². The molecule has 1 atom stereocenters. The summed E-state index contributed by atoms with van der Waals surface area (Å²) in [6.45, 7) is 1.97. The van der Waals surface area contributed by atoms with Crippen LogP contribution in [0.1, 0.15) is 32.6 Å². The molecule has 2 aromatic heterocycles. The molecule has 34 heavy (non-hydrogen) atoms. The highest BCUT2D eigenvalue weighted by molar-refractivity contribution is 7.92. The Morgan fingerprint density at radius 1 is 1.24 bits per heavy atom. The van der Waals surface area contributed by atoms with Gasteiger partial charge in [-0.05, 0) is 61.6 Å². The van der Waals surface area contributed by atoms with Gasteiger partial charge in [-0.1, -0.05) is 11.6 Å². The number of ether oxygens (including phenoxy) is 1. The zero-order valence-corrected chi connectivity index (χ0v) is 20.3. The van der Waals surface area contributed by atoms with Crippen molar-refractivity contribution in [2.24, 2.45) is 5.92 Å². The van der Waals surface area contributed by atoms with Crippen molar-refractivity contribution < 1.29 is 17.7 Å². The molecule has 2 aliphatic carbocycles. The van der Waals surface area contributed by atoms with Gasteiger partial charge in [0.1, 0.15) is 12.0 Å². The van der Waals surface area contributed by atoms with Crippen molar-refractivity contribution >= 4 is 44.0 Å². The van der Waals surface area contributed by atoms with E-state index in [-0.39, 0.29) is 16.3 Å². The third-order valence-corrected chi connectivity index (χ3v) is 8.26. The first-order valence-electron chi connectivity index (χ1n) is 11.0. The van der Waals surface area contributed by atoms with Crippen molar-refractivity contribution in [3.05, 3.63) is 70.4 Å². The average molecular weight is 502 g/mol. The zero-order valence-electron chi connectivity index (χ0n) is 18.7. The predicted molar refractivity (Wildman–Crippen MR) is 130 cm³/mol. The van der Waals surface area contributed by atoms with Crippen molar-refractivity contribution in [1.29, 1.82) is 0 Å². The lowest BCUT2D eigenvalue weighted by molar-refractivity contribution is 0.292. The number of anilines is 1. The maximum Gasteiger partial charge on any atom is 0.263 e. The number of rotatable bonds is 6. The monoisotopic (exact) mass is 501 g/mol. The van der Waals surface area contributed by atoms with E-state index in [1.165, 1.54) is 36.9 Å². The van der Waals surface area contributed by atoms with Crippen LogP contribution in [0.25, 0.3) is 16.6 Å². The molecule has 2 aliphatic rings. The van der Waals surface area contributed by atoms with Gasteiger partial charge >= 0.3 is 0 Å². The van der Waals surface area contributed by atoms with Crippen LogP contribution >= 0.6 is 11.6 Å². The molecule has 0 saturated heterocycles. The predicted octanol–water partition coefficient (Wildman–Crippen LogP) is 4.73. The van der Waals surface area contributed by atoms with Crippen LogP contribution in [-0.4, -0.2) is 30.1 Å². The SMILES string of the molecule is COC1=C(n2c(=O)ccc3cc(S(=O)(=O)Nc4ccon4)ccc32)CC(C)(Cl)C(C2CCC2)=C1. The molecule has 178 valence electrons. The molecule has 0 bridgehead atoms. The van der Waals surface area contributed by atoms with Crippen LogP contribution < -0.4 is 10.3 Å². The van der Waals surface area contributed by atoms with Gasteiger partial charge in [-0.15, -0.1) is 11.6 Å². The highest BCUT2D eigenvalue weighted by Gasteiger charge is 2.39. The second-order valence-electron chi connectivity index (χ2n) is 8.83. The molecule has 8 nitrogen and oxygen atoms in total. The van der Waals surface area contributed by atoms with Gasteiger partial charge in [0.15, 0.2) is 5.82 Å². The molecule has 1 aromatic carbocycles. The number of fused-ring (bicyclic) bond motifs is 1. The summed E-state index contributed by atoms with van der Waals surface area (Å²) in [7, 11) is -2.32. The lowest BCUT2D eigenvalue weighted by atomic mass is 9.72. The number of pyridine rings is 1. The summed E-state index contributed by atoms with van der Waals surface area (Å²) in [5.41, 5.74) is 2.10. The first-order valence-corrected chi connectivity index (χ1v) is 12.8. The fraction of sp³-hybridized carbons (Fsp3) is 0.333. The Hall–Kier alpha value is -3.04. The van der Waals surface area contributed by atoms with E-state index in [1.807, 2.05) is 13.0 Å². The Bertz CT molecular complexity index is 1480. The van der Waals surface area contributed by atoms with Crippen LogP contribution in [0.5, 0.6) is 0 Å². The van der Waals surface area contributed by atoms with Crippen molar-refractivity contribution in [3.63, 3.8) is 0 Å². The molecule has 1 fully saturated rings. The number of methoxy groups -OCH3 is 1. The Kier molecular flexibility index (Phi) is 5.56. The second-order valence-corrected chi connectivity index (χ2v) is 11.4. The second kappa shape index (κ2) is 8.32. The smallest absolute Gasteiger partial charge is 0.263 e. The van der Waals surface area contributed by atoms with Crippen molar-refractivity contribution in [2.45, 2.75) is 42.4 Å². The highest BCUT2D eigenvalue weighted by Crippen LogP contribution is 2.48. The van der Waals surface area contributed by atoms with Crippen molar-refractivity contribution in [3.8, 4) is 0 Å². The minimum atomic E-state index is -3.90. The number of nitrogens with zero attached hydrogens (tertiary/aromatic N) is 2. The molecule has 0 radical (unpaired) electrons. The highest BCUT2D eigenvalue weighted by atomic mass is 35.5. The molecular weight excluding hydrogens is 478 g/mol. The molecule has 2 heterocycles. The first kappa shape index (κ1) is 22.7. The van der Waals surface area contributed by atoms with Crippen LogP contribution in [0.4, 0.5) is 5.82 Å². The molecule has 10 heteroatoms. The number of alkyl halides is 1. The van der Waals surface area contributed by atoms with E-state index in [9.17, 15) is 13.2 Å². The number of benzene rings is 1. The fourth-order valence-corrected chi connectivity index (χ4v) is 6.00. The van der Waals surface area contributed by atoms with Crippen molar-refractivity contribution in [1.82, 2.24) is 9.72 Å². The van der Waals surface area contributed by atoms with E-state index in [1.54, 1.807) is 23.8 Å². The normalized spacial score (nSPS) is 21.3. The van der Waals surface area contributed by atoms with Crippen molar-refractivity contribution in [2.75, 3.05) is 11.8 Å². The summed E-state index contributed by atoms with van der Waals surface area (Å²) in [6.07, 6.45) is 7.06. The maximum atomic E-state index is 13.0. The van der Waals surface area contributed by atoms with Crippen LogP contribution in [0.2, 0.25) is 0 Å². The molecule has 1 N–H and O–H groups in total. The summed E-state index contributed by atoms with van der Waals surface area (Å²) in [5, 5.41) is 4.17. The number of hydrogen-bond acceptors (Lipinski definition) is 6. The molecule has 1 unspecified atom stereocenters. The lowest BCUT2D eigenvalue weighted by Crippen LogP contribution is -2.34. The van der Waals surface area contributed by atoms with E-state index in [0.717, 1.165) is 18.4 Å². The first-order chi connectivity index (χ1) is 16.2. The number of hydrogen-bond donors (Lipinski definition) is 1. The molecular formula is C24H24ClN3O5S. The Morgan fingerprint density at radius 2 is 2.03 bits per heavy atom. The lowest BCUT2D eigenvalue weighted by Gasteiger charge is -2.40. The molecule has 0 amide bonds. The molecule has 3 aromatic rings. The molecule has 5 rings (SSSR count). The van der Waals surface area contributed by atoms with E-state index in [4.69, 9.17) is 16.3 Å². The third kappa shape index (κ3) is 3.92. The number of halogens is 1. The van der Waals surface area contributed by atoms with Crippen LogP contribution in [0, 0.1) is 5.92 Å². The van der Waals surface area contributed by atoms with Crippen LogP contribution in [0.15, 0.2) is 74.3 Å². The maximum absolute atomic E-state index is 13.0. The summed E-state index contributed by atoms with van der Waals surface area (Å²) < 4.78 is 39.9. The largest absolute Gasteiger partial charge is 0.495 e. The van der Waals surface area contributed by atoms with Gasteiger partial charge in [0.25, 0.3) is 15.6 Å². The van der Waals surface area contributed by atoms with E-state index in [0.29, 0.717) is 34.7 Å². The topological polar surface area (TPSA) is 103 Å². The van der Waals surface area contributed by atoms with Gasteiger partial charge < -0.3 is 9.26 Å². The Morgan fingerprint density at radius 3 is 2.68 bits per heavy atom. The van der Waals surface area contributed by atoms with Gasteiger partial charge in [0.2, 0.25) is 0 Å². The summed E-state index contributed by atoms with van der Waals surface area (Å²) >= 11 is 6.99. The van der Waals surface area contributed by atoms with E-state index < -0.39 is 14.9 Å². The van der Waals surface area contributed by atoms with Crippen LogP contribution in [-0.2, 0) is 14.8 Å². The molecule has 1 saturated carbocycles.